The zero-order valence-electron chi connectivity index (χ0n) is 24.0. The molecule has 1 saturated carbocycles. The minimum Gasteiger partial charge on any atom is -0.381 e. The molecule has 0 bridgehead atoms. The van der Waals surface area contributed by atoms with Gasteiger partial charge >= 0.3 is 0 Å². The topological polar surface area (TPSA) is 63.6 Å². The van der Waals surface area contributed by atoms with E-state index in [1.807, 2.05) is 22.6 Å². The van der Waals surface area contributed by atoms with Crippen molar-refractivity contribution in [3.8, 4) is 5.69 Å². The molecule has 206 valence electrons. The van der Waals surface area contributed by atoms with Gasteiger partial charge in [-0.2, -0.15) is 0 Å². The first-order valence-electron chi connectivity index (χ1n) is 14.7. The number of carbonyl (C=O) groups is 2. The van der Waals surface area contributed by atoms with E-state index >= 15 is 0 Å². The molecular formula is C32H45N3O3. The van der Waals surface area contributed by atoms with Crippen molar-refractivity contribution in [3.05, 3.63) is 52.3 Å². The van der Waals surface area contributed by atoms with Gasteiger partial charge in [0, 0.05) is 44.2 Å². The fourth-order valence-electron chi connectivity index (χ4n) is 6.13. The molecule has 0 radical (unpaired) electrons. The number of benzene rings is 1. The van der Waals surface area contributed by atoms with Crippen molar-refractivity contribution in [2.24, 2.45) is 0 Å². The molecule has 0 spiro atoms. The van der Waals surface area contributed by atoms with Crippen molar-refractivity contribution < 1.29 is 14.3 Å². The molecule has 2 aliphatic heterocycles. The molecule has 1 N–H and O–H groups in total. The fraction of sp³-hybridized carbons (Fsp3) is 0.625. The highest BCUT2D eigenvalue weighted by Gasteiger charge is 2.43. The Balaban J connectivity index is 1.61. The Kier molecular flexibility index (Phi) is 7.47. The minimum atomic E-state index is -0.0970. The summed E-state index contributed by atoms with van der Waals surface area (Å²) in [4.78, 5) is 29.6. The molecule has 3 heterocycles. The SMILES string of the molecule is CCC1(c2cc(-n3cc(C(=O)NC4CCOCC4)c(C)c3C(=O)N3CCCCC3)cc(C(C)(C)C)c2)CC1. The molecule has 2 amide bonds. The molecule has 6 nitrogen and oxygen atoms in total. The Labute approximate surface area is 228 Å². The molecule has 2 aromatic rings. The lowest BCUT2D eigenvalue weighted by molar-refractivity contribution is 0.0695. The van der Waals surface area contributed by atoms with Crippen molar-refractivity contribution in [2.45, 2.75) is 103 Å². The predicted molar refractivity (Wildman–Crippen MR) is 151 cm³/mol. The van der Waals surface area contributed by atoms with Crippen LogP contribution in [0.4, 0.5) is 0 Å². The van der Waals surface area contributed by atoms with E-state index in [4.69, 9.17) is 4.74 Å². The lowest BCUT2D eigenvalue weighted by Gasteiger charge is -2.28. The number of aromatic nitrogens is 1. The average Bonchev–Trinajstić information content (AvgIpc) is 3.65. The number of hydrogen-bond donors (Lipinski definition) is 1. The van der Waals surface area contributed by atoms with Crippen LogP contribution < -0.4 is 5.32 Å². The van der Waals surface area contributed by atoms with E-state index in [1.165, 1.54) is 30.4 Å². The van der Waals surface area contributed by atoms with Gasteiger partial charge in [0.2, 0.25) is 0 Å². The first kappa shape index (κ1) is 27.0. The Morgan fingerprint density at radius 1 is 1.05 bits per heavy atom. The third-order valence-electron chi connectivity index (χ3n) is 9.11. The van der Waals surface area contributed by atoms with Gasteiger partial charge in [-0.3, -0.25) is 9.59 Å². The standard InChI is InChI=1S/C32H45N3O3/c1-6-32(12-13-32)24-18-23(31(3,4)5)19-26(20-24)35-21-27(29(36)33-25-10-16-38-17-11-25)22(2)28(35)30(37)34-14-8-7-9-15-34/h18-21,25H,6-17H2,1-5H3,(H,33,36). The van der Waals surface area contributed by atoms with Crippen molar-refractivity contribution in [1.29, 1.82) is 0 Å². The lowest BCUT2D eigenvalue weighted by atomic mass is 9.82. The van der Waals surface area contributed by atoms with Crippen molar-refractivity contribution >= 4 is 11.8 Å². The number of nitrogens with one attached hydrogen (secondary N) is 1. The molecule has 5 rings (SSSR count). The Bertz CT molecular complexity index is 1190. The van der Waals surface area contributed by atoms with Crippen LogP contribution in [-0.2, 0) is 15.6 Å². The quantitative estimate of drug-likeness (QED) is 0.505. The van der Waals surface area contributed by atoms with Gasteiger partial charge in [0.25, 0.3) is 11.8 Å². The van der Waals surface area contributed by atoms with Crippen molar-refractivity contribution in [2.75, 3.05) is 26.3 Å². The molecular weight excluding hydrogens is 474 g/mol. The van der Waals surface area contributed by atoms with Gasteiger partial charge in [-0.25, -0.2) is 0 Å². The van der Waals surface area contributed by atoms with Crippen molar-refractivity contribution in [1.82, 2.24) is 14.8 Å². The van der Waals surface area contributed by atoms with Gasteiger partial charge in [0.1, 0.15) is 5.69 Å². The van der Waals surface area contributed by atoms with Crippen LogP contribution in [0.5, 0.6) is 0 Å². The molecule has 6 heteroatoms. The summed E-state index contributed by atoms with van der Waals surface area (Å²) < 4.78 is 7.50. The highest BCUT2D eigenvalue weighted by atomic mass is 16.5. The zero-order chi connectivity index (χ0) is 27.1. The third-order valence-corrected chi connectivity index (χ3v) is 9.11. The van der Waals surface area contributed by atoms with Crippen molar-refractivity contribution in [3.63, 3.8) is 0 Å². The highest BCUT2D eigenvalue weighted by Crippen LogP contribution is 2.52. The summed E-state index contributed by atoms with van der Waals surface area (Å²) in [6, 6.07) is 6.98. The van der Waals surface area contributed by atoms with Gasteiger partial charge in [0.05, 0.1) is 5.56 Å². The molecule has 1 aromatic carbocycles. The number of piperidine rings is 1. The van der Waals surface area contributed by atoms with Gasteiger partial charge in [-0.05, 0) is 97.9 Å². The van der Waals surface area contributed by atoms with Crippen LogP contribution in [0.2, 0.25) is 0 Å². The van der Waals surface area contributed by atoms with E-state index < -0.39 is 0 Å². The molecule has 3 fully saturated rings. The maximum atomic E-state index is 14.0. The smallest absolute Gasteiger partial charge is 0.271 e. The molecule has 1 aliphatic carbocycles. The second kappa shape index (κ2) is 10.5. The Hall–Kier alpha value is -2.60. The Morgan fingerprint density at radius 3 is 2.34 bits per heavy atom. The number of rotatable bonds is 6. The van der Waals surface area contributed by atoms with Crippen LogP contribution in [0.3, 0.4) is 0 Å². The van der Waals surface area contributed by atoms with Gasteiger partial charge in [0.15, 0.2) is 0 Å². The second-order valence-corrected chi connectivity index (χ2v) is 12.8. The predicted octanol–water partition coefficient (Wildman–Crippen LogP) is 6.06. The van der Waals surface area contributed by atoms with E-state index in [0.717, 1.165) is 56.4 Å². The maximum absolute atomic E-state index is 14.0. The van der Waals surface area contributed by atoms with Crippen LogP contribution in [0.1, 0.15) is 117 Å². The highest BCUT2D eigenvalue weighted by molar-refractivity contribution is 6.02. The summed E-state index contributed by atoms with van der Waals surface area (Å²) in [5, 5.41) is 3.22. The molecule has 2 saturated heterocycles. The summed E-state index contributed by atoms with van der Waals surface area (Å²) in [6.45, 7) is 13.9. The number of nitrogens with zero attached hydrogens (tertiary/aromatic N) is 2. The normalized spacial score (nSPS) is 19.9. The summed E-state index contributed by atoms with van der Waals surface area (Å²) in [6.07, 6.45) is 10.3. The lowest BCUT2D eigenvalue weighted by Crippen LogP contribution is -2.39. The first-order valence-corrected chi connectivity index (χ1v) is 14.7. The van der Waals surface area contributed by atoms with Gasteiger partial charge < -0.3 is 19.5 Å². The van der Waals surface area contributed by atoms with E-state index in [1.54, 1.807) is 0 Å². The second-order valence-electron chi connectivity index (χ2n) is 12.8. The first-order chi connectivity index (χ1) is 18.1. The van der Waals surface area contributed by atoms with E-state index in [2.05, 4.69) is 51.2 Å². The Morgan fingerprint density at radius 2 is 1.74 bits per heavy atom. The number of amides is 2. The number of hydrogen-bond acceptors (Lipinski definition) is 3. The fourth-order valence-corrected chi connectivity index (χ4v) is 6.13. The van der Waals surface area contributed by atoms with E-state index in [9.17, 15) is 9.59 Å². The maximum Gasteiger partial charge on any atom is 0.271 e. The molecule has 0 unspecified atom stereocenters. The molecule has 1 aromatic heterocycles. The van der Waals surface area contributed by atoms with E-state index in [-0.39, 0.29) is 28.7 Å². The van der Waals surface area contributed by atoms with Crippen LogP contribution in [0.15, 0.2) is 24.4 Å². The van der Waals surface area contributed by atoms with Gasteiger partial charge in [-0.15, -0.1) is 0 Å². The molecule has 3 aliphatic rings. The largest absolute Gasteiger partial charge is 0.381 e. The van der Waals surface area contributed by atoms with Gasteiger partial charge in [-0.1, -0.05) is 33.8 Å². The summed E-state index contributed by atoms with van der Waals surface area (Å²) in [5.41, 5.74) is 5.80. The number of ether oxygens (including phenoxy) is 1. The average molecular weight is 520 g/mol. The summed E-state index contributed by atoms with van der Waals surface area (Å²) >= 11 is 0. The zero-order valence-corrected chi connectivity index (χ0v) is 24.0. The summed E-state index contributed by atoms with van der Waals surface area (Å²) in [7, 11) is 0. The monoisotopic (exact) mass is 519 g/mol. The molecule has 0 atom stereocenters. The van der Waals surface area contributed by atoms with E-state index in [0.29, 0.717) is 24.5 Å². The van der Waals surface area contributed by atoms with Crippen LogP contribution in [0, 0.1) is 6.92 Å². The minimum absolute atomic E-state index is 0.0307. The van der Waals surface area contributed by atoms with Crippen LogP contribution in [0.25, 0.3) is 5.69 Å². The third kappa shape index (κ3) is 5.29. The van der Waals surface area contributed by atoms with Crippen LogP contribution >= 0.6 is 0 Å². The summed E-state index contributed by atoms with van der Waals surface area (Å²) in [5.74, 6) is -0.0630. The number of carbonyl (C=O) groups excluding carboxylic acids is 2. The number of likely N-dealkylation sites (tertiary alicyclic amines) is 1. The molecule has 38 heavy (non-hydrogen) atoms. The van der Waals surface area contributed by atoms with Crippen LogP contribution in [-0.4, -0.2) is 53.6 Å².